The molecule has 2 N–H and O–H groups in total. The van der Waals surface area contributed by atoms with Crippen LogP contribution in [-0.4, -0.2) is 21.9 Å². The molecule has 11 heavy (non-hydrogen) atoms. The fourth-order valence-corrected chi connectivity index (χ4v) is 2.90. The molecular formula is C9H16O2. The molecule has 0 amide bonds. The van der Waals surface area contributed by atoms with Gasteiger partial charge in [0.05, 0.1) is 11.7 Å². The molecule has 2 bridgehead atoms. The van der Waals surface area contributed by atoms with Crippen molar-refractivity contribution in [1.82, 2.24) is 0 Å². The monoisotopic (exact) mass is 156 g/mol. The normalized spacial score (nSPS) is 53.5. The Morgan fingerprint density at radius 1 is 1.36 bits per heavy atom. The quantitative estimate of drug-likeness (QED) is 0.547. The van der Waals surface area contributed by atoms with Crippen LogP contribution in [0.2, 0.25) is 0 Å². The van der Waals surface area contributed by atoms with Gasteiger partial charge in [-0.3, -0.25) is 0 Å². The zero-order valence-corrected chi connectivity index (χ0v) is 7.17. The number of aliphatic hydroxyl groups excluding tert-OH is 1. The van der Waals surface area contributed by atoms with E-state index >= 15 is 0 Å². The van der Waals surface area contributed by atoms with Gasteiger partial charge >= 0.3 is 0 Å². The second-order valence-corrected chi connectivity index (χ2v) is 4.63. The van der Waals surface area contributed by atoms with Crippen LogP contribution in [0.4, 0.5) is 0 Å². The highest BCUT2D eigenvalue weighted by molar-refractivity contribution is 5.13. The molecule has 2 rings (SSSR count). The fraction of sp³-hybridized carbons (Fsp3) is 1.00. The number of hydrogen-bond acceptors (Lipinski definition) is 2. The largest absolute Gasteiger partial charge is 0.390 e. The minimum Gasteiger partial charge on any atom is -0.390 e. The summed E-state index contributed by atoms with van der Waals surface area (Å²) in [6.07, 6.45) is 2.19. The number of rotatable bonds is 0. The summed E-state index contributed by atoms with van der Waals surface area (Å²) in [5.41, 5.74) is -0.843. The van der Waals surface area contributed by atoms with Crippen LogP contribution in [0.5, 0.6) is 0 Å². The van der Waals surface area contributed by atoms with Crippen molar-refractivity contribution in [2.45, 2.75) is 44.8 Å². The van der Waals surface area contributed by atoms with Gasteiger partial charge in [-0.05, 0) is 30.6 Å². The molecule has 0 radical (unpaired) electrons. The third-order valence-corrected chi connectivity index (χ3v) is 4.07. The van der Waals surface area contributed by atoms with Crippen LogP contribution in [0.25, 0.3) is 0 Å². The highest BCUT2D eigenvalue weighted by Gasteiger charge is 2.63. The van der Waals surface area contributed by atoms with Gasteiger partial charge in [-0.1, -0.05) is 13.8 Å². The molecule has 2 saturated carbocycles. The van der Waals surface area contributed by atoms with E-state index in [2.05, 4.69) is 13.8 Å². The van der Waals surface area contributed by atoms with Gasteiger partial charge in [0.15, 0.2) is 0 Å². The van der Waals surface area contributed by atoms with Crippen LogP contribution >= 0.6 is 0 Å². The van der Waals surface area contributed by atoms with Crippen molar-refractivity contribution < 1.29 is 10.2 Å². The van der Waals surface area contributed by atoms with Crippen LogP contribution in [0.3, 0.4) is 0 Å². The molecule has 2 heteroatoms. The lowest BCUT2D eigenvalue weighted by atomic mass is 9.78. The van der Waals surface area contributed by atoms with Gasteiger partial charge < -0.3 is 10.2 Å². The third-order valence-electron chi connectivity index (χ3n) is 4.07. The summed E-state index contributed by atoms with van der Waals surface area (Å²) in [6, 6.07) is 0. The van der Waals surface area contributed by atoms with E-state index in [0.29, 0.717) is 5.92 Å². The lowest BCUT2D eigenvalue weighted by molar-refractivity contribution is -0.103. The molecule has 0 aromatic rings. The zero-order chi connectivity index (χ0) is 8.28. The van der Waals surface area contributed by atoms with Crippen LogP contribution in [0.1, 0.15) is 33.1 Å². The van der Waals surface area contributed by atoms with Gasteiger partial charge in [0, 0.05) is 0 Å². The zero-order valence-electron chi connectivity index (χ0n) is 7.17. The van der Waals surface area contributed by atoms with E-state index in [4.69, 9.17) is 0 Å². The van der Waals surface area contributed by atoms with E-state index in [9.17, 15) is 10.2 Å². The van der Waals surface area contributed by atoms with E-state index in [1.165, 1.54) is 0 Å². The topological polar surface area (TPSA) is 40.5 Å². The molecule has 0 saturated heterocycles. The SMILES string of the molecule is CC1(C)C2CCC1(O)C(O)C2. The molecule has 0 heterocycles. The number of hydrogen-bond donors (Lipinski definition) is 2. The Bertz CT molecular complexity index is 188. The summed E-state index contributed by atoms with van der Waals surface area (Å²) in [5.74, 6) is 0.530. The Labute approximate surface area is 67.2 Å². The fourth-order valence-electron chi connectivity index (χ4n) is 2.90. The van der Waals surface area contributed by atoms with Crippen molar-refractivity contribution in [3.8, 4) is 0 Å². The average molecular weight is 156 g/mol. The summed E-state index contributed by atoms with van der Waals surface area (Å²) in [6.45, 7) is 4.14. The molecule has 2 aliphatic rings. The maximum absolute atomic E-state index is 10.1. The lowest BCUT2D eigenvalue weighted by Crippen LogP contribution is -2.45. The molecule has 3 atom stereocenters. The summed E-state index contributed by atoms with van der Waals surface area (Å²) in [7, 11) is 0. The third kappa shape index (κ3) is 0.651. The summed E-state index contributed by atoms with van der Waals surface area (Å²) in [4.78, 5) is 0. The van der Waals surface area contributed by atoms with Crippen LogP contribution in [-0.2, 0) is 0 Å². The highest BCUT2D eigenvalue weighted by atomic mass is 16.3. The summed E-state index contributed by atoms with van der Waals surface area (Å²) < 4.78 is 0. The van der Waals surface area contributed by atoms with Crippen molar-refractivity contribution in [1.29, 1.82) is 0 Å². The first-order valence-electron chi connectivity index (χ1n) is 4.39. The van der Waals surface area contributed by atoms with Gasteiger partial charge in [0.25, 0.3) is 0 Å². The Morgan fingerprint density at radius 2 is 2.00 bits per heavy atom. The van der Waals surface area contributed by atoms with Gasteiger partial charge in [0.1, 0.15) is 0 Å². The second-order valence-electron chi connectivity index (χ2n) is 4.63. The van der Waals surface area contributed by atoms with Crippen molar-refractivity contribution >= 4 is 0 Å². The Morgan fingerprint density at radius 3 is 2.18 bits per heavy atom. The van der Waals surface area contributed by atoms with Gasteiger partial charge in [-0.25, -0.2) is 0 Å². The minimum absolute atomic E-state index is 0.0631. The van der Waals surface area contributed by atoms with Gasteiger partial charge in [0.2, 0.25) is 0 Å². The molecule has 64 valence electrons. The summed E-state index contributed by atoms with van der Waals surface area (Å²) in [5, 5.41) is 19.7. The molecule has 2 nitrogen and oxygen atoms in total. The van der Waals surface area contributed by atoms with Crippen molar-refractivity contribution in [3.63, 3.8) is 0 Å². The Hall–Kier alpha value is -0.0800. The first-order valence-corrected chi connectivity index (χ1v) is 4.39. The number of fused-ring (bicyclic) bond motifs is 2. The first-order chi connectivity index (χ1) is 4.98. The highest BCUT2D eigenvalue weighted by Crippen LogP contribution is 2.59. The van der Waals surface area contributed by atoms with E-state index in [1.54, 1.807) is 0 Å². The van der Waals surface area contributed by atoms with E-state index in [1.807, 2.05) is 0 Å². The molecular weight excluding hydrogens is 140 g/mol. The Kier molecular flexibility index (Phi) is 1.24. The Balaban J connectivity index is 2.40. The molecule has 2 aliphatic carbocycles. The second kappa shape index (κ2) is 1.80. The standard InChI is InChI=1S/C9H16O2/c1-8(2)6-3-4-9(8,11)7(10)5-6/h6-7,10-11H,3-5H2,1-2H3. The van der Waals surface area contributed by atoms with Crippen molar-refractivity contribution in [2.75, 3.05) is 0 Å². The smallest absolute Gasteiger partial charge is 0.0958 e. The first kappa shape index (κ1) is 7.56. The van der Waals surface area contributed by atoms with Crippen LogP contribution in [0, 0.1) is 11.3 Å². The molecule has 3 unspecified atom stereocenters. The predicted molar refractivity (Wildman–Crippen MR) is 42.1 cm³/mol. The molecule has 0 aliphatic heterocycles. The minimum atomic E-state index is -0.780. The maximum atomic E-state index is 10.1. The van der Waals surface area contributed by atoms with E-state index in [-0.39, 0.29) is 5.41 Å². The van der Waals surface area contributed by atoms with Crippen LogP contribution in [0.15, 0.2) is 0 Å². The van der Waals surface area contributed by atoms with E-state index in [0.717, 1.165) is 19.3 Å². The molecule has 0 aromatic carbocycles. The van der Waals surface area contributed by atoms with Crippen LogP contribution < -0.4 is 0 Å². The maximum Gasteiger partial charge on any atom is 0.0958 e. The number of aliphatic hydroxyl groups is 2. The molecule has 2 fully saturated rings. The van der Waals surface area contributed by atoms with Gasteiger partial charge in [-0.15, -0.1) is 0 Å². The lowest BCUT2D eigenvalue weighted by Gasteiger charge is -2.34. The molecule has 0 aromatic heterocycles. The van der Waals surface area contributed by atoms with E-state index < -0.39 is 11.7 Å². The predicted octanol–water partition coefficient (Wildman–Crippen LogP) is 0.918. The van der Waals surface area contributed by atoms with Gasteiger partial charge in [-0.2, -0.15) is 0 Å². The molecule has 0 spiro atoms. The van der Waals surface area contributed by atoms with Crippen molar-refractivity contribution in [2.24, 2.45) is 11.3 Å². The van der Waals surface area contributed by atoms with Crippen molar-refractivity contribution in [3.05, 3.63) is 0 Å². The summed E-state index contributed by atoms with van der Waals surface area (Å²) >= 11 is 0. The average Bonchev–Trinajstić information content (AvgIpc) is 2.20.